The molecule has 1 aliphatic heterocycles. The fourth-order valence-corrected chi connectivity index (χ4v) is 2.29. The quantitative estimate of drug-likeness (QED) is 0.643. The summed E-state index contributed by atoms with van der Waals surface area (Å²) in [5.41, 5.74) is 2.87. The van der Waals surface area contributed by atoms with Crippen LogP contribution in [0.2, 0.25) is 0 Å². The lowest BCUT2D eigenvalue weighted by Crippen LogP contribution is -2.06. The topological polar surface area (TPSA) is 65.0 Å². The standard InChI is InChI=1S/C19H15NO4/c1-12-7-9-13(10-8-12)17-20-16(19(22)24-17)11-14-5-3-4-6-15(14)18(21)23-2/h3-11H,1-2H3. The molecule has 1 heterocycles. The molecular formula is C19H15NO4. The predicted molar refractivity (Wildman–Crippen MR) is 89.6 cm³/mol. The molecule has 0 radical (unpaired) electrons. The van der Waals surface area contributed by atoms with E-state index in [1.165, 1.54) is 13.2 Å². The Morgan fingerprint density at radius 1 is 1.12 bits per heavy atom. The molecule has 2 aromatic carbocycles. The molecule has 5 heteroatoms. The number of aryl methyl sites for hydroxylation is 1. The number of methoxy groups -OCH3 is 1. The second-order valence-electron chi connectivity index (χ2n) is 5.28. The van der Waals surface area contributed by atoms with Crippen molar-refractivity contribution in [2.24, 2.45) is 4.99 Å². The van der Waals surface area contributed by atoms with E-state index in [1.807, 2.05) is 31.2 Å². The minimum absolute atomic E-state index is 0.141. The largest absolute Gasteiger partial charge is 0.465 e. The summed E-state index contributed by atoms with van der Waals surface area (Å²) in [6.45, 7) is 1.97. The minimum atomic E-state index is -0.551. The zero-order chi connectivity index (χ0) is 17.1. The SMILES string of the molecule is COC(=O)c1ccccc1C=C1N=C(c2ccc(C)cc2)OC1=O. The third kappa shape index (κ3) is 3.10. The van der Waals surface area contributed by atoms with Crippen LogP contribution in [0.3, 0.4) is 0 Å². The van der Waals surface area contributed by atoms with Crippen molar-refractivity contribution in [1.29, 1.82) is 0 Å². The molecule has 3 rings (SSSR count). The number of hydrogen-bond acceptors (Lipinski definition) is 5. The summed E-state index contributed by atoms with van der Waals surface area (Å²) >= 11 is 0. The van der Waals surface area contributed by atoms with E-state index in [4.69, 9.17) is 9.47 Å². The van der Waals surface area contributed by atoms with Gasteiger partial charge in [0.25, 0.3) is 0 Å². The molecule has 0 amide bonds. The van der Waals surface area contributed by atoms with Crippen molar-refractivity contribution in [3.63, 3.8) is 0 Å². The summed E-state index contributed by atoms with van der Waals surface area (Å²) in [7, 11) is 1.31. The Kier molecular flexibility index (Phi) is 4.24. The van der Waals surface area contributed by atoms with E-state index < -0.39 is 11.9 Å². The van der Waals surface area contributed by atoms with Crippen molar-refractivity contribution in [1.82, 2.24) is 0 Å². The van der Waals surface area contributed by atoms with Crippen LogP contribution in [0.25, 0.3) is 6.08 Å². The highest BCUT2D eigenvalue weighted by Crippen LogP contribution is 2.21. The first kappa shape index (κ1) is 15.7. The van der Waals surface area contributed by atoms with Crippen LogP contribution in [0.4, 0.5) is 0 Å². The maximum Gasteiger partial charge on any atom is 0.363 e. The number of benzene rings is 2. The highest BCUT2D eigenvalue weighted by atomic mass is 16.6. The van der Waals surface area contributed by atoms with Gasteiger partial charge in [-0.2, -0.15) is 0 Å². The first-order valence-corrected chi connectivity index (χ1v) is 7.35. The predicted octanol–water partition coefficient (Wildman–Crippen LogP) is 3.13. The van der Waals surface area contributed by atoms with Crippen LogP contribution in [-0.2, 0) is 14.3 Å². The molecular weight excluding hydrogens is 306 g/mol. The first-order valence-electron chi connectivity index (χ1n) is 7.35. The van der Waals surface area contributed by atoms with E-state index in [9.17, 15) is 9.59 Å². The minimum Gasteiger partial charge on any atom is -0.465 e. The van der Waals surface area contributed by atoms with Gasteiger partial charge in [-0.25, -0.2) is 14.6 Å². The number of aliphatic imine (C=N–C) groups is 1. The van der Waals surface area contributed by atoms with Crippen LogP contribution in [0.15, 0.2) is 59.2 Å². The third-order valence-corrected chi connectivity index (χ3v) is 3.58. The van der Waals surface area contributed by atoms with E-state index in [0.717, 1.165) is 11.1 Å². The molecule has 2 aromatic rings. The second-order valence-corrected chi connectivity index (χ2v) is 5.28. The van der Waals surface area contributed by atoms with Crippen molar-refractivity contribution in [2.45, 2.75) is 6.92 Å². The number of ether oxygens (including phenoxy) is 2. The van der Waals surface area contributed by atoms with Gasteiger partial charge in [0.2, 0.25) is 5.90 Å². The van der Waals surface area contributed by atoms with Crippen molar-refractivity contribution in [2.75, 3.05) is 7.11 Å². The summed E-state index contributed by atoms with van der Waals surface area (Å²) in [5, 5.41) is 0. The molecule has 0 spiro atoms. The number of carbonyl (C=O) groups excluding carboxylic acids is 2. The highest BCUT2D eigenvalue weighted by molar-refractivity contribution is 6.13. The summed E-state index contributed by atoms with van der Waals surface area (Å²) < 4.78 is 9.98. The van der Waals surface area contributed by atoms with Crippen LogP contribution >= 0.6 is 0 Å². The molecule has 24 heavy (non-hydrogen) atoms. The van der Waals surface area contributed by atoms with Crippen LogP contribution in [0, 0.1) is 6.92 Å². The molecule has 0 unspecified atom stereocenters. The van der Waals surface area contributed by atoms with Gasteiger partial charge >= 0.3 is 11.9 Å². The average molecular weight is 321 g/mol. The van der Waals surface area contributed by atoms with Crippen LogP contribution in [0.5, 0.6) is 0 Å². The monoisotopic (exact) mass is 321 g/mol. The van der Waals surface area contributed by atoms with Gasteiger partial charge in [-0.3, -0.25) is 0 Å². The zero-order valence-corrected chi connectivity index (χ0v) is 13.3. The molecule has 0 N–H and O–H groups in total. The van der Waals surface area contributed by atoms with Gasteiger partial charge in [0, 0.05) is 5.56 Å². The number of hydrogen-bond donors (Lipinski definition) is 0. The highest BCUT2D eigenvalue weighted by Gasteiger charge is 2.24. The van der Waals surface area contributed by atoms with Crippen LogP contribution in [0.1, 0.15) is 27.0 Å². The first-order chi connectivity index (χ1) is 11.6. The smallest absolute Gasteiger partial charge is 0.363 e. The molecule has 5 nitrogen and oxygen atoms in total. The van der Waals surface area contributed by atoms with Gasteiger partial charge in [-0.1, -0.05) is 35.9 Å². The van der Waals surface area contributed by atoms with Crippen molar-refractivity contribution >= 4 is 23.9 Å². The Morgan fingerprint density at radius 2 is 1.83 bits per heavy atom. The number of rotatable bonds is 3. The maximum absolute atomic E-state index is 12.1. The fourth-order valence-electron chi connectivity index (χ4n) is 2.29. The van der Waals surface area contributed by atoms with Crippen molar-refractivity contribution in [3.05, 3.63) is 76.5 Å². The van der Waals surface area contributed by atoms with Crippen LogP contribution < -0.4 is 0 Å². The van der Waals surface area contributed by atoms with E-state index in [0.29, 0.717) is 11.1 Å². The third-order valence-electron chi connectivity index (χ3n) is 3.58. The lowest BCUT2D eigenvalue weighted by molar-refractivity contribution is -0.129. The summed E-state index contributed by atoms with van der Waals surface area (Å²) in [5.74, 6) is -0.774. The molecule has 0 saturated carbocycles. The van der Waals surface area contributed by atoms with E-state index in [1.54, 1.807) is 24.3 Å². The number of carbonyl (C=O) groups is 2. The average Bonchev–Trinajstić information content (AvgIpc) is 2.96. The van der Waals surface area contributed by atoms with Gasteiger partial charge < -0.3 is 9.47 Å². The van der Waals surface area contributed by atoms with Gasteiger partial charge in [0.05, 0.1) is 12.7 Å². The molecule has 0 atom stereocenters. The maximum atomic E-state index is 12.1. The number of esters is 2. The van der Waals surface area contributed by atoms with Crippen LogP contribution in [-0.4, -0.2) is 24.9 Å². The van der Waals surface area contributed by atoms with Crippen molar-refractivity contribution < 1.29 is 19.1 Å². The molecule has 0 aliphatic carbocycles. The summed E-state index contributed by atoms with van der Waals surface area (Å²) in [6.07, 6.45) is 1.52. The Balaban J connectivity index is 1.98. The van der Waals surface area contributed by atoms with Crippen molar-refractivity contribution in [3.8, 4) is 0 Å². The molecule has 0 saturated heterocycles. The molecule has 1 aliphatic rings. The fraction of sp³-hybridized carbons (Fsp3) is 0.105. The number of cyclic esters (lactones) is 1. The normalized spacial score (nSPS) is 15.2. The summed E-state index contributed by atoms with van der Waals surface area (Å²) in [6, 6.07) is 14.3. The van der Waals surface area contributed by atoms with Gasteiger partial charge in [0.1, 0.15) is 0 Å². The second kappa shape index (κ2) is 6.50. The molecule has 0 fully saturated rings. The Bertz CT molecular complexity index is 863. The molecule has 0 aromatic heterocycles. The van der Waals surface area contributed by atoms with E-state index in [-0.39, 0.29) is 11.6 Å². The van der Waals surface area contributed by atoms with Gasteiger partial charge in [0.15, 0.2) is 5.70 Å². The van der Waals surface area contributed by atoms with E-state index >= 15 is 0 Å². The summed E-state index contributed by atoms with van der Waals surface area (Å²) in [4.78, 5) is 28.1. The van der Waals surface area contributed by atoms with E-state index in [2.05, 4.69) is 4.99 Å². The van der Waals surface area contributed by atoms with Gasteiger partial charge in [-0.05, 0) is 36.8 Å². The Labute approximate surface area is 139 Å². The Morgan fingerprint density at radius 3 is 2.54 bits per heavy atom. The molecule has 120 valence electrons. The zero-order valence-electron chi connectivity index (χ0n) is 13.3. The van der Waals surface area contributed by atoms with Gasteiger partial charge in [-0.15, -0.1) is 0 Å². The molecule has 0 bridgehead atoms. The lowest BCUT2D eigenvalue weighted by atomic mass is 10.1. The number of nitrogens with zero attached hydrogens (tertiary/aromatic N) is 1. The Hall–Kier alpha value is -3.21. The lowest BCUT2D eigenvalue weighted by Gasteiger charge is -2.03.